The lowest BCUT2D eigenvalue weighted by Crippen LogP contribution is -2.47. The molecular formula is C16H16OSi. The van der Waals surface area contributed by atoms with E-state index in [9.17, 15) is 0 Å². The van der Waals surface area contributed by atoms with Gasteiger partial charge in [0, 0.05) is 5.56 Å². The van der Waals surface area contributed by atoms with E-state index in [0.717, 1.165) is 11.3 Å². The first kappa shape index (κ1) is 11.3. The Morgan fingerprint density at radius 2 is 1.50 bits per heavy atom. The third-order valence-corrected chi connectivity index (χ3v) is 5.80. The van der Waals surface area contributed by atoms with Gasteiger partial charge >= 0.3 is 0 Å². The quantitative estimate of drug-likeness (QED) is 0.704. The molecule has 2 aromatic rings. The van der Waals surface area contributed by atoms with Crippen molar-refractivity contribution in [1.29, 1.82) is 0 Å². The molecule has 1 heterocycles. The first-order valence-electron chi connectivity index (χ1n) is 6.22. The van der Waals surface area contributed by atoms with Crippen LogP contribution >= 0.6 is 0 Å². The Labute approximate surface area is 109 Å². The van der Waals surface area contributed by atoms with Gasteiger partial charge in [-0.3, -0.25) is 0 Å². The second-order valence-corrected chi connectivity index (χ2v) is 8.84. The molecule has 90 valence electrons. The molecule has 0 fully saturated rings. The fourth-order valence-corrected chi connectivity index (χ4v) is 4.60. The molecule has 0 aromatic heterocycles. The predicted octanol–water partition coefficient (Wildman–Crippen LogP) is 3.63. The minimum Gasteiger partial charge on any atom is -0.539 e. The Morgan fingerprint density at radius 1 is 0.833 bits per heavy atom. The summed E-state index contributed by atoms with van der Waals surface area (Å²) < 4.78 is 6.29. The van der Waals surface area contributed by atoms with E-state index in [4.69, 9.17) is 4.43 Å². The first-order chi connectivity index (χ1) is 8.67. The lowest BCUT2D eigenvalue weighted by Gasteiger charge is -2.31. The Hall–Kier alpha value is -1.80. The maximum absolute atomic E-state index is 6.29. The zero-order valence-electron chi connectivity index (χ0n) is 10.7. The monoisotopic (exact) mass is 252 g/mol. The van der Waals surface area contributed by atoms with E-state index < -0.39 is 8.32 Å². The maximum atomic E-state index is 6.29. The fourth-order valence-electron chi connectivity index (χ4n) is 2.42. The molecule has 0 N–H and O–H groups in total. The van der Waals surface area contributed by atoms with Gasteiger partial charge in [-0.1, -0.05) is 54.6 Å². The van der Waals surface area contributed by atoms with E-state index in [0.29, 0.717) is 0 Å². The third-order valence-electron chi connectivity index (χ3n) is 3.32. The van der Waals surface area contributed by atoms with Crippen LogP contribution in [-0.4, -0.2) is 8.32 Å². The van der Waals surface area contributed by atoms with Crippen molar-refractivity contribution in [2.75, 3.05) is 0 Å². The van der Waals surface area contributed by atoms with E-state index in [1.165, 1.54) is 10.8 Å². The highest BCUT2D eigenvalue weighted by molar-refractivity contribution is 6.86. The summed E-state index contributed by atoms with van der Waals surface area (Å²) in [6.07, 6.45) is 2.16. The number of benzene rings is 2. The van der Waals surface area contributed by atoms with Gasteiger partial charge < -0.3 is 4.43 Å². The average Bonchev–Trinajstić information content (AvgIpc) is 2.39. The van der Waals surface area contributed by atoms with Crippen molar-refractivity contribution >= 4 is 25.3 Å². The Kier molecular flexibility index (Phi) is 2.60. The van der Waals surface area contributed by atoms with Crippen LogP contribution in [0.15, 0.2) is 54.6 Å². The van der Waals surface area contributed by atoms with Gasteiger partial charge in [0.25, 0.3) is 8.32 Å². The molecule has 1 aliphatic rings. The van der Waals surface area contributed by atoms with Crippen molar-refractivity contribution in [3.8, 4) is 0 Å². The lowest BCUT2D eigenvalue weighted by molar-refractivity contribution is 0.522. The highest BCUT2D eigenvalue weighted by Gasteiger charge is 2.33. The summed E-state index contributed by atoms with van der Waals surface area (Å²) in [5.74, 6) is 1.01. The first-order valence-corrected chi connectivity index (χ1v) is 9.13. The summed E-state index contributed by atoms with van der Waals surface area (Å²) in [4.78, 5) is 0. The lowest BCUT2D eigenvalue weighted by atomic mass is 10.1. The van der Waals surface area contributed by atoms with Gasteiger partial charge in [0.05, 0.1) is 0 Å². The van der Waals surface area contributed by atoms with Crippen LogP contribution in [0.1, 0.15) is 11.1 Å². The molecule has 0 spiro atoms. The van der Waals surface area contributed by atoms with Crippen molar-refractivity contribution in [3.63, 3.8) is 0 Å². The van der Waals surface area contributed by atoms with E-state index in [1.807, 2.05) is 6.07 Å². The number of hydrogen-bond acceptors (Lipinski definition) is 1. The van der Waals surface area contributed by atoms with Crippen LogP contribution in [0.25, 0.3) is 11.8 Å². The molecular weight excluding hydrogens is 236 g/mol. The third kappa shape index (κ3) is 1.89. The summed E-state index contributed by atoms with van der Waals surface area (Å²) in [6, 6.07) is 18.9. The highest BCUT2D eigenvalue weighted by atomic mass is 28.4. The molecule has 2 aromatic carbocycles. The van der Waals surface area contributed by atoms with Crippen LogP contribution < -0.4 is 5.19 Å². The molecule has 0 saturated carbocycles. The normalized spacial score (nSPS) is 16.4. The van der Waals surface area contributed by atoms with Crippen molar-refractivity contribution in [1.82, 2.24) is 0 Å². The largest absolute Gasteiger partial charge is 0.539 e. The van der Waals surface area contributed by atoms with Gasteiger partial charge in [0.1, 0.15) is 5.76 Å². The van der Waals surface area contributed by atoms with E-state index >= 15 is 0 Å². The van der Waals surface area contributed by atoms with Gasteiger partial charge in [-0.05, 0) is 29.9 Å². The minimum atomic E-state index is -1.83. The van der Waals surface area contributed by atoms with Crippen molar-refractivity contribution < 1.29 is 4.43 Å². The molecule has 2 heteroatoms. The Bertz CT molecular complexity index is 600. The van der Waals surface area contributed by atoms with Gasteiger partial charge in [-0.25, -0.2) is 0 Å². The second kappa shape index (κ2) is 4.14. The summed E-state index contributed by atoms with van der Waals surface area (Å²) in [5.41, 5.74) is 2.46. The summed E-state index contributed by atoms with van der Waals surface area (Å²) in [5, 5.41) is 1.38. The van der Waals surface area contributed by atoms with E-state index in [2.05, 4.69) is 67.7 Å². The van der Waals surface area contributed by atoms with Crippen LogP contribution in [-0.2, 0) is 4.43 Å². The molecule has 0 saturated heterocycles. The van der Waals surface area contributed by atoms with Gasteiger partial charge in [-0.15, -0.1) is 0 Å². The average molecular weight is 252 g/mol. The van der Waals surface area contributed by atoms with Crippen molar-refractivity contribution in [3.05, 3.63) is 65.7 Å². The van der Waals surface area contributed by atoms with Crippen LogP contribution in [0, 0.1) is 0 Å². The summed E-state index contributed by atoms with van der Waals surface area (Å²) >= 11 is 0. The molecule has 3 rings (SSSR count). The molecule has 0 atom stereocenters. The van der Waals surface area contributed by atoms with Crippen LogP contribution in [0.4, 0.5) is 0 Å². The van der Waals surface area contributed by atoms with E-state index in [1.54, 1.807) is 0 Å². The molecule has 18 heavy (non-hydrogen) atoms. The fraction of sp³-hybridized carbons (Fsp3) is 0.125. The smallest absolute Gasteiger partial charge is 0.277 e. The maximum Gasteiger partial charge on any atom is 0.277 e. The molecule has 0 bridgehead atoms. The summed E-state index contributed by atoms with van der Waals surface area (Å²) in [7, 11) is -1.83. The zero-order valence-corrected chi connectivity index (χ0v) is 11.7. The van der Waals surface area contributed by atoms with Crippen LogP contribution in [0.5, 0.6) is 0 Å². The molecule has 0 amide bonds. The van der Waals surface area contributed by atoms with Crippen molar-refractivity contribution in [2.45, 2.75) is 13.1 Å². The van der Waals surface area contributed by atoms with Crippen LogP contribution in [0.3, 0.4) is 0 Å². The molecule has 0 unspecified atom stereocenters. The highest BCUT2D eigenvalue weighted by Crippen LogP contribution is 2.28. The van der Waals surface area contributed by atoms with Crippen molar-refractivity contribution in [2.24, 2.45) is 0 Å². The number of hydrogen-bond donors (Lipinski definition) is 0. The minimum absolute atomic E-state index is 1.01. The Balaban J connectivity index is 2.14. The SMILES string of the molecule is C[Si]1(C)OC(c2ccccc2)=Cc2ccccc21. The standard InChI is InChI=1S/C16H16OSi/c1-18(2)16-11-7-6-10-14(16)12-15(17-18)13-8-4-3-5-9-13/h3-12H,1-2H3. The second-order valence-electron chi connectivity index (χ2n) is 5.07. The molecule has 0 radical (unpaired) electrons. The topological polar surface area (TPSA) is 9.23 Å². The number of fused-ring (bicyclic) bond motifs is 1. The van der Waals surface area contributed by atoms with Gasteiger partial charge in [-0.2, -0.15) is 0 Å². The molecule has 1 nitrogen and oxygen atoms in total. The molecule has 1 aliphatic heterocycles. The Morgan fingerprint density at radius 3 is 2.28 bits per heavy atom. The number of rotatable bonds is 1. The summed E-state index contributed by atoms with van der Waals surface area (Å²) in [6.45, 7) is 4.50. The van der Waals surface area contributed by atoms with Crippen LogP contribution in [0.2, 0.25) is 13.1 Å². The van der Waals surface area contributed by atoms with Gasteiger partial charge in [0.2, 0.25) is 0 Å². The zero-order chi connectivity index (χ0) is 12.6. The molecule has 0 aliphatic carbocycles. The predicted molar refractivity (Wildman–Crippen MR) is 79.0 cm³/mol. The van der Waals surface area contributed by atoms with Gasteiger partial charge in [0.15, 0.2) is 0 Å². The van der Waals surface area contributed by atoms with E-state index in [-0.39, 0.29) is 0 Å².